The van der Waals surface area contributed by atoms with Gasteiger partial charge in [0.2, 0.25) is 0 Å². The second kappa shape index (κ2) is 7.94. The summed E-state index contributed by atoms with van der Waals surface area (Å²) in [4.78, 5) is 28.4. The van der Waals surface area contributed by atoms with Crippen molar-refractivity contribution in [1.82, 2.24) is 25.1 Å². The molecule has 11 heteroatoms. The lowest BCUT2D eigenvalue weighted by molar-refractivity contribution is 0.0950. The minimum Gasteiger partial charge on any atom is -0.431 e. The number of hydrogen-bond donors (Lipinski definition) is 2. The monoisotopic (exact) mass is 378 g/mol. The molecule has 25 heavy (non-hydrogen) atoms. The normalized spacial score (nSPS) is 10.6. The fourth-order valence-electron chi connectivity index (χ4n) is 1.80. The van der Waals surface area contributed by atoms with Gasteiger partial charge in [0.05, 0.1) is 4.88 Å². The van der Waals surface area contributed by atoms with Crippen LogP contribution in [0.5, 0.6) is 0 Å². The molecule has 9 nitrogen and oxygen atoms in total. The molecule has 0 saturated heterocycles. The third-order valence-electron chi connectivity index (χ3n) is 2.99. The van der Waals surface area contributed by atoms with E-state index in [9.17, 15) is 9.59 Å². The highest BCUT2D eigenvalue weighted by Crippen LogP contribution is 2.14. The number of oxazole rings is 1. The Bertz CT molecular complexity index is 858. The number of hydrogen-bond acceptors (Lipinski definition) is 8. The molecule has 0 fully saturated rings. The van der Waals surface area contributed by atoms with Crippen LogP contribution < -0.4 is 10.6 Å². The lowest BCUT2D eigenvalue weighted by Crippen LogP contribution is -2.26. The summed E-state index contributed by atoms with van der Waals surface area (Å²) in [5, 5.41) is 15.5. The third-order valence-corrected chi connectivity index (χ3v) is 4.90. The van der Waals surface area contributed by atoms with Crippen molar-refractivity contribution < 1.29 is 14.0 Å². The van der Waals surface area contributed by atoms with Crippen molar-refractivity contribution in [2.75, 3.05) is 17.6 Å². The van der Waals surface area contributed by atoms with Crippen LogP contribution in [0, 0.1) is 0 Å². The number of nitrogens with one attached hydrogen (secondary N) is 2. The van der Waals surface area contributed by atoms with Crippen molar-refractivity contribution in [2.24, 2.45) is 7.05 Å². The van der Waals surface area contributed by atoms with Gasteiger partial charge in [0.25, 0.3) is 11.8 Å². The fraction of sp³-hybridized carbons (Fsp3) is 0.214. The van der Waals surface area contributed by atoms with Crippen LogP contribution in [0.15, 0.2) is 39.7 Å². The zero-order valence-corrected chi connectivity index (χ0v) is 14.8. The molecule has 0 aliphatic heterocycles. The molecule has 0 atom stereocenters. The van der Waals surface area contributed by atoms with Crippen molar-refractivity contribution in [1.29, 1.82) is 0 Å². The molecule has 3 heterocycles. The predicted octanol–water partition coefficient (Wildman–Crippen LogP) is 1.64. The molecule has 0 radical (unpaired) electrons. The summed E-state index contributed by atoms with van der Waals surface area (Å²) in [6.45, 7) is 0.431. The minimum absolute atomic E-state index is 0.0167. The number of amides is 2. The number of thiophene rings is 1. The maximum Gasteiger partial charge on any atom is 0.302 e. The van der Waals surface area contributed by atoms with Gasteiger partial charge in [-0.2, -0.15) is 4.98 Å². The lowest BCUT2D eigenvalue weighted by atomic mass is 10.4. The maximum atomic E-state index is 12.0. The van der Waals surface area contributed by atoms with E-state index in [1.54, 1.807) is 28.4 Å². The largest absolute Gasteiger partial charge is 0.431 e. The van der Waals surface area contributed by atoms with E-state index in [2.05, 4.69) is 25.8 Å². The van der Waals surface area contributed by atoms with Crippen LogP contribution in [-0.4, -0.2) is 43.9 Å². The zero-order valence-electron chi connectivity index (χ0n) is 13.1. The van der Waals surface area contributed by atoms with E-state index < -0.39 is 0 Å². The topological polar surface area (TPSA) is 115 Å². The molecule has 0 aliphatic rings. The molecule has 2 amide bonds. The molecule has 0 aromatic carbocycles. The van der Waals surface area contributed by atoms with Gasteiger partial charge in [0, 0.05) is 19.3 Å². The average molecular weight is 378 g/mol. The van der Waals surface area contributed by atoms with Crippen LogP contribution in [-0.2, 0) is 7.05 Å². The minimum atomic E-state index is -0.376. The van der Waals surface area contributed by atoms with Crippen LogP contribution in [0.1, 0.15) is 20.2 Å². The summed E-state index contributed by atoms with van der Waals surface area (Å²) in [6.07, 6.45) is 2.82. The van der Waals surface area contributed by atoms with Gasteiger partial charge in [-0.25, -0.2) is 0 Å². The van der Waals surface area contributed by atoms with Gasteiger partial charge in [0.1, 0.15) is 12.6 Å². The Morgan fingerprint density at radius 3 is 3.00 bits per heavy atom. The first kappa shape index (κ1) is 17.2. The van der Waals surface area contributed by atoms with E-state index in [1.807, 2.05) is 7.05 Å². The molecule has 0 spiro atoms. The summed E-state index contributed by atoms with van der Waals surface area (Å²) in [5.41, 5.74) is 0.102. The molecule has 0 unspecified atom stereocenters. The molecular weight excluding hydrogens is 364 g/mol. The van der Waals surface area contributed by atoms with Crippen molar-refractivity contribution in [3.8, 4) is 0 Å². The second-order valence-electron chi connectivity index (χ2n) is 4.80. The highest BCUT2D eigenvalue weighted by atomic mass is 32.2. The Hall–Kier alpha value is -2.66. The fourth-order valence-corrected chi connectivity index (χ4v) is 3.16. The van der Waals surface area contributed by atoms with Crippen LogP contribution in [0.3, 0.4) is 0 Å². The van der Waals surface area contributed by atoms with Crippen LogP contribution >= 0.6 is 23.1 Å². The SMILES string of the molecule is Cn1cnnc1SCCNC(=O)c1coc(NC(=O)c2cccs2)n1. The molecule has 3 aromatic rings. The number of aryl methyl sites for hydroxylation is 1. The number of carbonyl (C=O) groups excluding carboxylic acids is 2. The zero-order chi connectivity index (χ0) is 17.6. The standard InChI is InChI=1S/C14H14N6O3S2/c1-20-8-16-19-14(20)25-6-4-15-11(21)9-7-23-13(17-9)18-12(22)10-3-2-5-24-10/h2-3,5,7-8H,4,6H2,1H3,(H,15,21)(H,17,18,22). The predicted molar refractivity (Wildman–Crippen MR) is 92.8 cm³/mol. The number of nitrogens with zero attached hydrogens (tertiary/aromatic N) is 4. The number of rotatable bonds is 7. The van der Waals surface area contributed by atoms with Crippen molar-refractivity contribution in [3.05, 3.63) is 40.7 Å². The smallest absolute Gasteiger partial charge is 0.302 e. The highest BCUT2D eigenvalue weighted by Gasteiger charge is 2.15. The Balaban J connectivity index is 1.46. The number of thioether (sulfide) groups is 1. The first-order valence-corrected chi connectivity index (χ1v) is 9.05. The Morgan fingerprint density at radius 2 is 2.28 bits per heavy atom. The van der Waals surface area contributed by atoms with Crippen LogP contribution in [0.25, 0.3) is 0 Å². The molecule has 3 rings (SSSR count). The van der Waals surface area contributed by atoms with E-state index in [0.717, 1.165) is 5.16 Å². The van der Waals surface area contributed by atoms with Gasteiger partial charge in [-0.1, -0.05) is 17.8 Å². The van der Waals surface area contributed by atoms with Gasteiger partial charge < -0.3 is 14.3 Å². The number of carbonyl (C=O) groups is 2. The van der Waals surface area contributed by atoms with Gasteiger partial charge in [-0.15, -0.1) is 21.5 Å². The summed E-state index contributed by atoms with van der Waals surface area (Å²) < 4.78 is 6.91. The summed E-state index contributed by atoms with van der Waals surface area (Å²) in [6, 6.07) is 3.44. The Labute approximate surface area is 150 Å². The summed E-state index contributed by atoms with van der Waals surface area (Å²) >= 11 is 2.78. The maximum absolute atomic E-state index is 12.0. The molecule has 0 saturated carbocycles. The van der Waals surface area contributed by atoms with Gasteiger partial charge >= 0.3 is 6.01 Å². The van der Waals surface area contributed by atoms with E-state index in [-0.39, 0.29) is 23.5 Å². The molecule has 0 aliphatic carbocycles. The van der Waals surface area contributed by atoms with Crippen LogP contribution in [0.2, 0.25) is 0 Å². The van der Waals surface area contributed by atoms with E-state index in [4.69, 9.17) is 4.42 Å². The summed E-state index contributed by atoms with van der Waals surface area (Å²) in [5.74, 6) is -0.0687. The highest BCUT2D eigenvalue weighted by molar-refractivity contribution is 7.99. The first-order chi connectivity index (χ1) is 12.1. The molecule has 3 aromatic heterocycles. The Kier molecular flexibility index (Phi) is 5.46. The van der Waals surface area contributed by atoms with E-state index in [1.165, 1.54) is 29.4 Å². The molecular formula is C14H14N6O3S2. The lowest BCUT2D eigenvalue weighted by Gasteiger charge is -2.02. The summed E-state index contributed by atoms with van der Waals surface area (Å²) in [7, 11) is 1.85. The van der Waals surface area contributed by atoms with Gasteiger partial charge in [-0.3, -0.25) is 14.9 Å². The molecule has 0 bridgehead atoms. The Morgan fingerprint density at radius 1 is 1.40 bits per heavy atom. The van der Waals surface area contributed by atoms with Gasteiger partial charge in [-0.05, 0) is 11.4 Å². The number of aromatic nitrogens is 4. The first-order valence-electron chi connectivity index (χ1n) is 7.19. The van der Waals surface area contributed by atoms with Crippen LogP contribution in [0.4, 0.5) is 6.01 Å². The quantitative estimate of drug-likeness (QED) is 0.474. The van der Waals surface area contributed by atoms with E-state index >= 15 is 0 Å². The van der Waals surface area contributed by atoms with Crippen molar-refractivity contribution in [3.63, 3.8) is 0 Å². The van der Waals surface area contributed by atoms with E-state index in [0.29, 0.717) is 17.2 Å². The van der Waals surface area contributed by atoms with Crippen molar-refractivity contribution >= 4 is 40.9 Å². The van der Waals surface area contributed by atoms with Gasteiger partial charge in [0.15, 0.2) is 10.9 Å². The third kappa shape index (κ3) is 4.45. The average Bonchev–Trinajstić information content (AvgIpc) is 3.33. The molecule has 2 N–H and O–H groups in total. The molecule has 130 valence electrons. The van der Waals surface area contributed by atoms with Crippen molar-refractivity contribution in [2.45, 2.75) is 5.16 Å². The number of anilines is 1. The second-order valence-corrected chi connectivity index (χ2v) is 6.81.